The number of carbonyl (C=O) groups excluding carboxylic acids is 1. The van der Waals surface area contributed by atoms with Crippen molar-refractivity contribution in [2.24, 2.45) is 5.92 Å². The minimum Gasteiger partial charge on any atom is -0.469 e. The predicted molar refractivity (Wildman–Crippen MR) is 71.3 cm³/mol. The molecule has 0 aromatic rings. The van der Waals surface area contributed by atoms with E-state index in [4.69, 9.17) is 4.74 Å². The SMILES string of the molecule is CCCN1CCCC(O)(C(CC)C(=O)OC)CC1. The molecule has 0 bridgehead atoms. The number of carbonyl (C=O) groups is 1. The van der Waals surface area contributed by atoms with E-state index < -0.39 is 5.60 Å². The van der Waals surface area contributed by atoms with Gasteiger partial charge in [0.15, 0.2) is 0 Å². The molecule has 0 saturated carbocycles. The summed E-state index contributed by atoms with van der Waals surface area (Å²) in [6.45, 7) is 7.07. The van der Waals surface area contributed by atoms with E-state index in [1.165, 1.54) is 7.11 Å². The van der Waals surface area contributed by atoms with Gasteiger partial charge in [0.05, 0.1) is 18.6 Å². The first-order valence-electron chi connectivity index (χ1n) is 7.10. The first-order valence-corrected chi connectivity index (χ1v) is 7.10. The van der Waals surface area contributed by atoms with Crippen molar-refractivity contribution in [2.75, 3.05) is 26.7 Å². The van der Waals surface area contributed by atoms with Crippen molar-refractivity contribution < 1.29 is 14.6 Å². The zero-order chi connectivity index (χ0) is 13.6. The zero-order valence-electron chi connectivity index (χ0n) is 11.9. The maximum Gasteiger partial charge on any atom is 0.311 e. The molecule has 1 heterocycles. The summed E-state index contributed by atoms with van der Waals surface area (Å²) in [6.07, 6.45) is 4.08. The Kier molecular flexibility index (Phi) is 6.09. The lowest BCUT2D eigenvalue weighted by molar-refractivity contribution is -0.157. The summed E-state index contributed by atoms with van der Waals surface area (Å²) < 4.78 is 4.82. The molecule has 4 heteroatoms. The molecule has 0 spiro atoms. The maximum absolute atomic E-state index is 11.8. The van der Waals surface area contributed by atoms with Crippen molar-refractivity contribution in [3.05, 3.63) is 0 Å². The third-order valence-corrected chi connectivity index (χ3v) is 4.03. The van der Waals surface area contributed by atoms with Crippen LogP contribution in [-0.4, -0.2) is 48.3 Å². The summed E-state index contributed by atoms with van der Waals surface area (Å²) in [5, 5.41) is 10.8. The topological polar surface area (TPSA) is 49.8 Å². The largest absolute Gasteiger partial charge is 0.469 e. The molecule has 4 nitrogen and oxygen atoms in total. The summed E-state index contributed by atoms with van der Waals surface area (Å²) in [5.74, 6) is -0.659. The van der Waals surface area contributed by atoms with Gasteiger partial charge in [-0.1, -0.05) is 13.8 Å². The van der Waals surface area contributed by atoms with Gasteiger partial charge >= 0.3 is 5.97 Å². The van der Waals surface area contributed by atoms with Crippen LogP contribution in [0.3, 0.4) is 0 Å². The van der Waals surface area contributed by atoms with Crippen molar-refractivity contribution in [1.29, 1.82) is 0 Å². The van der Waals surface area contributed by atoms with E-state index >= 15 is 0 Å². The number of ether oxygens (including phenoxy) is 1. The maximum atomic E-state index is 11.8. The number of esters is 1. The van der Waals surface area contributed by atoms with Crippen molar-refractivity contribution in [3.8, 4) is 0 Å². The van der Waals surface area contributed by atoms with Gasteiger partial charge in [0.25, 0.3) is 0 Å². The van der Waals surface area contributed by atoms with E-state index in [9.17, 15) is 9.90 Å². The summed E-state index contributed by atoms with van der Waals surface area (Å²) >= 11 is 0. The zero-order valence-corrected chi connectivity index (χ0v) is 11.9. The molecule has 0 radical (unpaired) electrons. The minimum absolute atomic E-state index is 0.274. The fraction of sp³-hybridized carbons (Fsp3) is 0.929. The van der Waals surface area contributed by atoms with E-state index in [1.54, 1.807) is 0 Å². The van der Waals surface area contributed by atoms with Gasteiger partial charge in [-0.2, -0.15) is 0 Å². The molecule has 0 aliphatic carbocycles. The number of hydrogen-bond acceptors (Lipinski definition) is 4. The van der Waals surface area contributed by atoms with Gasteiger partial charge < -0.3 is 14.7 Å². The van der Waals surface area contributed by atoms with Crippen LogP contribution in [0.4, 0.5) is 0 Å². The van der Waals surface area contributed by atoms with Gasteiger partial charge in [-0.3, -0.25) is 4.79 Å². The number of likely N-dealkylation sites (tertiary alicyclic amines) is 1. The lowest BCUT2D eigenvalue weighted by Crippen LogP contribution is -2.43. The van der Waals surface area contributed by atoms with Crippen molar-refractivity contribution in [3.63, 3.8) is 0 Å². The Hall–Kier alpha value is -0.610. The molecule has 1 saturated heterocycles. The van der Waals surface area contributed by atoms with Crippen LogP contribution in [0, 0.1) is 5.92 Å². The summed E-state index contributed by atoms with van der Waals surface area (Å²) in [5.41, 5.74) is -0.885. The summed E-state index contributed by atoms with van der Waals surface area (Å²) in [6, 6.07) is 0. The molecule has 1 aliphatic rings. The van der Waals surface area contributed by atoms with Gasteiger partial charge in [0.2, 0.25) is 0 Å². The second-order valence-electron chi connectivity index (χ2n) is 5.28. The van der Waals surface area contributed by atoms with Crippen LogP contribution in [0.15, 0.2) is 0 Å². The molecule has 1 aliphatic heterocycles. The Balaban J connectivity index is 2.70. The van der Waals surface area contributed by atoms with Crippen molar-refractivity contribution in [2.45, 2.75) is 51.6 Å². The van der Waals surface area contributed by atoms with E-state index in [0.29, 0.717) is 19.3 Å². The Morgan fingerprint density at radius 1 is 1.39 bits per heavy atom. The van der Waals surface area contributed by atoms with Crippen LogP contribution in [0.5, 0.6) is 0 Å². The molecule has 2 unspecified atom stereocenters. The van der Waals surface area contributed by atoms with Gasteiger partial charge in [-0.05, 0) is 45.2 Å². The number of nitrogens with zero attached hydrogens (tertiary/aromatic N) is 1. The smallest absolute Gasteiger partial charge is 0.311 e. The normalized spacial score (nSPS) is 27.6. The fourth-order valence-corrected chi connectivity index (χ4v) is 2.99. The number of rotatable bonds is 5. The van der Waals surface area contributed by atoms with E-state index in [0.717, 1.165) is 32.5 Å². The van der Waals surface area contributed by atoms with E-state index in [2.05, 4.69) is 11.8 Å². The second-order valence-corrected chi connectivity index (χ2v) is 5.28. The number of aliphatic hydroxyl groups is 1. The Morgan fingerprint density at radius 2 is 2.11 bits per heavy atom. The van der Waals surface area contributed by atoms with Crippen molar-refractivity contribution in [1.82, 2.24) is 4.90 Å². The summed E-state index contributed by atoms with van der Waals surface area (Å²) in [4.78, 5) is 14.1. The van der Waals surface area contributed by atoms with Crippen LogP contribution in [0.1, 0.15) is 46.0 Å². The van der Waals surface area contributed by atoms with E-state index in [-0.39, 0.29) is 11.9 Å². The van der Waals surface area contributed by atoms with Gasteiger partial charge in [-0.25, -0.2) is 0 Å². The van der Waals surface area contributed by atoms with Crippen LogP contribution in [0.25, 0.3) is 0 Å². The number of hydrogen-bond donors (Lipinski definition) is 1. The molecule has 2 atom stereocenters. The molecule has 18 heavy (non-hydrogen) atoms. The lowest BCUT2D eigenvalue weighted by atomic mass is 9.80. The highest BCUT2D eigenvalue weighted by molar-refractivity contribution is 5.73. The molecule has 1 fully saturated rings. The van der Waals surface area contributed by atoms with Crippen LogP contribution >= 0.6 is 0 Å². The molecule has 1 rings (SSSR count). The second kappa shape index (κ2) is 7.10. The highest BCUT2D eigenvalue weighted by Crippen LogP contribution is 2.32. The van der Waals surface area contributed by atoms with Crippen LogP contribution < -0.4 is 0 Å². The molecular formula is C14H27NO3. The minimum atomic E-state index is -0.885. The van der Waals surface area contributed by atoms with Gasteiger partial charge in [0, 0.05) is 6.54 Å². The Morgan fingerprint density at radius 3 is 2.67 bits per heavy atom. The highest BCUT2D eigenvalue weighted by Gasteiger charge is 2.41. The average molecular weight is 257 g/mol. The Labute approximate surface area is 110 Å². The Bertz CT molecular complexity index is 270. The number of methoxy groups -OCH3 is 1. The molecule has 0 aromatic heterocycles. The molecular weight excluding hydrogens is 230 g/mol. The highest BCUT2D eigenvalue weighted by atomic mass is 16.5. The summed E-state index contributed by atoms with van der Waals surface area (Å²) in [7, 11) is 1.40. The van der Waals surface area contributed by atoms with Gasteiger partial charge in [-0.15, -0.1) is 0 Å². The van der Waals surface area contributed by atoms with Gasteiger partial charge in [0.1, 0.15) is 0 Å². The predicted octanol–water partition coefficient (Wildman–Crippen LogP) is 1.81. The first kappa shape index (κ1) is 15.4. The third kappa shape index (κ3) is 3.69. The van der Waals surface area contributed by atoms with Crippen LogP contribution in [-0.2, 0) is 9.53 Å². The molecule has 0 amide bonds. The van der Waals surface area contributed by atoms with Crippen molar-refractivity contribution >= 4 is 5.97 Å². The quantitative estimate of drug-likeness (QED) is 0.763. The molecule has 106 valence electrons. The fourth-order valence-electron chi connectivity index (χ4n) is 2.99. The third-order valence-electron chi connectivity index (χ3n) is 4.03. The average Bonchev–Trinajstić information content (AvgIpc) is 2.54. The molecule has 0 aromatic carbocycles. The lowest BCUT2D eigenvalue weighted by Gasteiger charge is -2.33. The van der Waals surface area contributed by atoms with E-state index in [1.807, 2.05) is 6.92 Å². The molecule has 1 N–H and O–H groups in total. The standard InChI is InChI=1S/C14H27NO3/c1-4-9-15-10-6-7-14(17,8-11-15)12(5-2)13(16)18-3/h12,17H,4-11H2,1-3H3. The van der Waals surface area contributed by atoms with Crippen LogP contribution in [0.2, 0.25) is 0 Å². The monoisotopic (exact) mass is 257 g/mol. The first-order chi connectivity index (χ1) is 8.57.